The van der Waals surface area contributed by atoms with Crippen LogP contribution in [0.15, 0.2) is 18.5 Å². The van der Waals surface area contributed by atoms with Crippen molar-refractivity contribution in [2.24, 2.45) is 5.92 Å². The number of halogens is 3. The summed E-state index contributed by atoms with van der Waals surface area (Å²) in [6.07, 6.45) is -0.521. The van der Waals surface area contributed by atoms with E-state index in [0.29, 0.717) is 19.8 Å². The third-order valence-corrected chi connectivity index (χ3v) is 4.01. The number of hydrogen-bond donors (Lipinski definition) is 2. The first-order valence-electron chi connectivity index (χ1n) is 8.21. The summed E-state index contributed by atoms with van der Waals surface area (Å²) in [6.45, 7) is 1.60. The molecule has 2 N–H and O–H groups in total. The van der Waals surface area contributed by atoms with Gasteiger partial charge in [-0.3, -0.25) is 0 Å². The fourth-order valence-electron chi connectivity index (χ4n) is 2.58. The lowest BCUT2D eigenvalue weighted by Crippen LogP contribution is -2.24. The van der Waals surface area contributed by atoms with Crippen molar-refractivity contribution in [3.05, 3.63) is 29.8 Å². The second kappa shape index (κ2) is 8.13. The molecule has 1 aliphatic rings. The van der Waals surface area contributed by atoms with Crippen molar-refractivity contribution in [2.75, 3.05) is 30.4 Å². The summed E-state index contributed by atoms with van der Waals surface area (Å²) >= 11 is 0. The number of alkyl halides is 3. The molecule has 0 radical (unpaired) electrons. The zero-order chi connectivity index (χ0) is 19.3. The molecule has 1 fully saturated rings. The van der Waals surface area contributed by atoms with Crippen molar-refractivity contribution in [1.29, 1.82) is 5.26 Å². The van der Waals surface area contributed by atoms with Gasteiger partial charge < -0.3 is 15.4 Å². The molecule has 142 valence electrons. The molecule has 0 amide bonds. The summed E-state index contributed by atoms with van der Waals surface area (Å²) in [7, 11) is 0. The maximum absolute atomic E-state index is 13.2. The van der Waals surface area contributed by atoms with E-state index in [-0.39, 0.29) is 28.9 Å². The van der Waals surface area contributed by atoms with Gasteiger partial charge in [0.2, 0.25) is 0 Å². The van der Waals surface area contributed by atoms with Crippen LogP contribution in [-0.4, -0.2) is 39.9 Å². The average molecular weight is 379 g/mol. The summed E-state index contributed by atoms with van der Waals surface area (Å²) in [5.41, 5.74) is -1.11. The molecular weight excluding hydrogens is 363 g/mol. The van der Waals surface area contributed by atoms with E-state index in [0.717, 1.165) is 12.8 Å². The quantitative estimate of drug-likeness (QED) is 0.816. The second-order valence-corrected chi connectivity index (χ2v) is 5.95. The number of nitriles is 1. The summed E-state index contributed by atoms with van der Waals surface area (Å²) in [5, 5.41) is 21.2. The third-order valence-electron chi connectivity index (χ3n) is 4.01. The summed E-state index contributed by atoms with van der Waals surface area (Å²) in [5.74, 6) is 0.545. The molecule has 0 unspecified atom stereocenters. The first kappa shape index (κ1) is 18.8. The Kier molecular flexibility index (Phi) is 5.66. The maximum Gasteiger partial charge on any atom is 0.437 e. The van der Waals surface area contributed by atoms with Crippen LogP contribution in [0.1, 0.15) is 24.2 Å². The molecule has 0 bridgehead atoms. The Morgan fingerprint density at radius 1 is 1.15 bits per heavy atom. The van der Waals surface area contributed by atoms with Crippen LogP contribution in [0.5, 0.6) is 0 Å². The minimum atomic E-state index is -4.63. The van der Waals surface area contributed by atoms with Crippen LogP contribution in [0, 0.1) is 17.2 Å². The van der Waals surface area contributed by atoms with E-state index in [9.17, 15) is 13.2 Å². The molecule has 1 saturated heterocycles. The van der Waals surface area contributed by atoms with Crippen LogP contribution in [0.4, 0.5) is 30.5 Å². The number of ether oxygens (including phenoxy) is 1. The Hall–Kier alpha value is -3.00. The van der Waals surface area contributed by atoms with Gasteiger partial charge in [-0.2, -0.15) is 18.4 Å². The van der Waals surface area contributed by atoms with Gasteiger partial charge in [0.1, 0.15) is 11.9 Å². The van der Waals surface area contributed by atoms with E-state index in [2.05, 4.69) is 30.8 Å². The normalized spacial score (nSPS) is 15.2. The van der Waals surface area contributed by atoms with Gasteiger partial charge in [-0.15, -0.1) is 10.2 Å². The van der Waals surface area contributed by atoms with Gasteiger partial charge in [-0.1, -0.05) is 0 Å². The second-order valence-electron chi connectivity index (χ2n) is 5.95. The molecule has 27 heavy (non-hydrogen) atoms. The molecule has 1 aliphatic heterocycles. The van der Waals surface area contributed by atoms with E-state index in [4.69, 9.17) is 10.00 Å². The molecule has 2 aromatic heterocycles. The van der Waals surface area contributed by atoms with Crippen LogP contribution in [0.25, 0.3) is 0 Å². The Bertz CT molecular complexity index is 814. The first-order chi connectivity index (χ1) is 13.0. The molecule has 0 atom stereocenters. The van der Waals surface area contributed by atoms with Crippen LogP contribution < -0.4 is 10.6 Å². The number of anilines is 3. The van der Waals surface area contributed by atoms with Gasteiger partial charge in [0.15, 0.2) is 17.2 Å². The fourth-order valence-corrected chi connectivity index (χ4v) is 2.58. The Labute approximate surface area is 152 Å². The van der Waals surface area contributed by atoms with E-state index in [1.54, 1.807) is 0 Å². The van der Waals surface area contributed by atoms with Crippen LogP contribution >= 0.6 is 0 Å². The molecule has 0 aromatic carbocycles. The largest absolute Gasteiger partial charge is 0.437 e. The van der Waals surface area contributed by atoms with Crippen molar-refractivity contribution in [2.45, 2.75) is 19.0 Å². The van der Waals surface area contributed by atoms with Crippen LogP contribution in [0.2, 0.25) is 0 Å². The molecule has 0 saturated carbocycles. The van der Waals surface area contributed by atoms with E-state index in [1.807, 2.05) is 6.07 Å². The lowest BCUT2D eigenvalue weighted by Gasteiger charge is -2.23. The first-order valence-corrected chi connectivity index (χ1v) is 8.21. The lowest BCUT2D eigenvalue weighted by atomic mass is 10.0. The standard InChI is InChI=1S/C16H16F3N7O/c17-16(18,19)15-12(22-7-10-1-3-27-4-2-10)5-13(25-26-15)24-14-9-21-11(6-20)8-23-14/h5,8-10H,1-4,7H2,(H2,22,23,24,25). The highest BCUT2D eigenvalue weighted by Gasteiger charge is 2.36. The molecule has 0 spiro atoms. The van der Waals surface area contributed by atoms with Gasteiger partial charge in [0.25, 0.3) is 0 Å². The zero-order valence-electron chi connectivity index (χ0n) is 14.1. The molecular formula is C16H16F3N7O. The molecule has 3 heterocycles. The fraction of sp³-hybridized carbons (Fsp3) is 0.438. The number of rotatable bonds is 5. The molecule has 11 heteroatoms. The maximum atomic E-state index is 13.2. The Morgan fingerprint density at radius 2 is 1.93 bits per heavy atom. The number of nitrogens with one attached hydrogen (secondary N) is 2. The highest BCUT2D eigenvalue weighted by molar-refractivity contribution is 5.60. The van der Waals surface area contributed by atoms with Gasteiger partial charge in [0.05, 0.1) is 18.1 Å². The summed E-state index contributed by atoms with van der Waals surface area (Å²) < 4.78 is 44.9. The molecule has 0 aliphatic carbocycles. The van der Waals surface area contributed by atoms with Gasteiger partial charge in [0, 0.05) is 25.8 Å². The monoisotopic (exact) mass is 379 g/mol. The minimum Gasteiger partial charge on any atom is -0.383 e. The summed E-state index contributed by atoms with van der Waals surface area (Å²) in [4.78, 5) is 7.77. The van der Waals surface area contributed by atoms with Crippen molar-refractivity contribution < 1.29 is 17.9 Å². The predicted octanol–water partition coefficient (Wildman–Crippen LogP) is 2.74. The number of nitrogens with zero attached hydrogens (tertiary/aromatic N) is 5. The van der Waals surface area contributed by atoms with Gasteiger partial charge in [-0.05, 0) is 18.8 Å². The van der Waals surface area contributed by atoms with Crippen LogP contribution in [-0.2, 0) is 10.9 Å². The highest BCUT2D eigenvalue weighted by Crippen LogP contribution is 2.34. The van der Waals surface area contributed by atoms with Gasteiger partial charge in [-0.25, -0.2) is 9.97 Å². The molecule has 8 nitrogen and oxygen atoms in total. The lowest BCUT2D eigenvalue weighted by molar-refractivity contribution is -0.141. The van der Waals surface area contributed by atoms with Crippen molar-refractivity contribution >= 4 is 17.3 Å². The Morgan fingerprint density at radius 3 is 2.56 bits per heavy atom. The van der Waals surface area contributed by atoms with Crippen molar-refractivity contribution in [1.82, 2.24) is 20.2 Å². The minimum absolute atomic E-state index is 0.0801. The number of aromatic nitrogens is 4. The average Bonchev–Trinajstić information content (AvgIpc) is 2.67. The third kappa shape index (κ3) is 5.01. The SMILES string of the molecule is N#Cc1cnc(Nc2cc(NCC3CCOCC3)c(C(F)(F)F)nn2)cn1. The van der Waals surface area contributed by atoms with E-state index >= 15 is 0 Å². The van der Waals surface area contributed by atoms with Crippen molar-refractivity contribution in [3.8, 4) is 6.07 Å². The van der Waals surface area contributed by atoms with Crippen molar-refractivity contribution in [3.63, 3.8) is 0 Å². The summed E-state index contributed by atoms with van der Waals surface area (Å²) in [6, 6.07) is 3.06. The van der Waals surface area contributed by atoms with E-state index < -0.39 is 11.9 Å². The number of hydrogen-bond acceptors (Lipinski definition) is 8. The van der Waals surface area contributed by atoms with Gasteiger partial charge >= 0.3 is 6.18 Å². The van der Waals surface area contributed by atoms with Crippen LogP contribution in [0.3, 0.4) is 0 Å². The zero-order valence-corrected chi connectivity index (χ0v) is 14.1. The predicted molar refractivity (Wildman–Crippen MR) is 89.1 cm³/mol. The van der Waals surface area contributed by atoms with E-state index in [1.165, 1.54) is 18.5 Å². The Balaban J connectivity index is 1.77. The topological polar surface area (TPSA) is 109 Å². The smallest absolute Gasteiger partial charge is 0.383 e. The molecule has 2 aromatic rings. The highest BCUT2D eigenvalue weighted by atomic mass is 19.4. The molecule has 3 rings (SSSR count).